The van der Waals surface area contributed by atoms with Gasteiger partial charge in [-0.05, 0) is 71.2 Å². The van der Waals surface area contributed by atoms with Crippen LogP contribution in [0.3, 0.4) is 0 Å². The number of carbonyl (C=O) groups is 2. The fourth-order valence-electron chi connectivity index (χ4n) is 3.99. The summed E-state index contributed by atoms with van der Waals surface area (Å²) in [6.45, 7) is 14.6. The van der Waals surface area contributed by atoms with Gasteiger partial charge in [0, 0.05) is 18.4 Å². The van der Waals surface area contributed by atoms with Gasteiger partial charge in [-0.3, -0.25) is 9.69 Å². The van der Waals surface area contributed by atoms with E-state index in [2.05, 4.69) is 42.7 Å². The molecule has 0 spiro atoms. The molecule has 1 fully saturated rings. The van der Waals surface area contributed by atoms with Crippen molar-refractivity contribution in [1.82, 2.24) is 14.3 Å². The molecule has 0 bridgehead atoms. The van der Waals surface area contributed by atoms with Crippen molar-refractivity contribution in [2.75, 3.05) is 17.2 Å². The third-order valence-electron chi connectivity index (χ3n) is 6.11. The number of aromatic nitrogens is 2. The van der Waals surface area contributed by atoms with Gasteiger partial charge in [0.15, 0.2) is 5.65 Å². The van der Waals surface area contributed by atoms with Crippen LogP contribution >= 0.6 is 0 Å². The lowest BCUT2D eigenvalue weighted by Crippen LogP contribution is -2.30. The summed E-state index contributed by atoms with van der Waals surface area (Å²) in [5, 5.41) is 6.48. The van der Waals surface area contributed by atoms with E-state index in [-0.39, 0.29) is 5.91 Å². The van der Waals surface area contributed by atoms with Crippen LogP contribution in [-0.4, -0.2) is 44.5 Å². The maximum Gasteiger partial charge on any atom is 0.411 e. The molecule has 2 amide bonds. The number of carbonyl (C=O) groups excluding carboxylic acids is 2. The molecule has 4 rings (SSSR count). The van der Waals surface area contributed by atoms with Crippen LogP contribution in [0.1, 0.15) is 48.8 Å². The molecule has 1 atom stereocenters. The molecule has 1 unspecified atom stereocenters. The van der Waals surface area contributed by atoms with Gasteiger partial charge in [0.25, 0.3) is 0 Å². The second-order valence-electron chi connectivity index (χ2n) is 9.98. The molecule has 180 valence electrons. The molecule has 1 aliphatic rings. The highest BCUT2D eigenvalue weighted by Gasteiger charge is 2.46. The normalized spacial score (nSPS) is 15.4. The number of anilines is 2. The van der Waals surface area contributed by atoms with E-state index >= 15 is 0 Å². The van der Waals surface area contributed by atoms with Gasteiger partial charge in [-0.25, -0.2) is 9.78 Å². The van der Waals surface area contributed by atoms with Crippen molar-refractivity contribution in [2.45, 2.75) is 66.7 Å². The van der Waals surface area contributed by atoms with Gasteiger partial charge in [0.1, 0.15) is 11.6 Å². The number of rotatable bonds is 5. The summed E-state index contributed by atoms with van der Waals surface area (Å²) in [4.78, 5) is 31.2. The largest absolute Gasteiger partial charge is 0.444 e. The number of ether oxygens (including phenoxy) is 1. The van der Waals surface area contributed by atoms with E-state index < -0.39 is 17.7 Å². The Balaban J connectivity index is 1.55. The van der Waals surface area contributed by atoms with Crippen molar-refractivity contribution in [2.24, 2.45) is 0 Å². The van der Waals surface area contributed by atoms with E-state index in [1.165, 1.54) is 21.6 Å². The fraction of sp³-hybridized carbons (Fsp3) is 0.423. The average Bonchev–Trinajstić information content (AvgIpc) is 3.49. The maximum atomic E-state index is 12.9. The van der Waals surface area contributed by atoms with Crippen LogP contribution in [0.25, 0.3) is 5.65 Å². The first-order chi connectivity index (χ1) is 15.9. The molecule has 3 aromatic rings. The number of hydrogen-bond acceptors (Lipinski definition) is 5. The van der Waals surface area contributed by atoms with Crippen LogP contribution in [0, 0.1) is 27.7 Å². The van der Waals surface area contributed by atoms with E-state index in [9.17, 15) is 9.59 Å². The average molecular weight is 464 g/mol. The number of pyridine rings is 1. The number of imidazole rings is 1. The Labute approximate surface area is 200 Å². The lowest BCUT2D eigenvalue weighted by atomic mass is 10.0. The quantitative estimate of drug-likeness (QED) is 0.534. The lowest BCUT2D eigenvalue weighted by Gasteiger charge is -2.19. The number of amides is 2. The molecule has 0 saturated carbocycles. The fourth-order valence-corrected chi connectivity index (χ4v) is 3.99. The van der Waals surface area contributed by atoms with Crippen molar-refractivity contribution in [3.05, 3.63) is 58.5 Å². The maximum absolute atomic E-state index is 12.9. The third kappa shape index (κ3) is 4.85. The summed E-state index contributed by atoms with van der Waals surface area (Å²) >= 11 is 0. The number of fused-ring (bicyclic) bond motifs is 1. The molecule has 1 aliphatic heterocycles. The molecule has 8 heteroatoms. The van der Waals surface area contributed by atoms with E-state index in [1.807, 2.05) is 30.5 Å². The highest BCUT2D eigenvalue weighted by Crippen LogP contribution is 2.28. The molecule has 34 heavy (non-hydrogen) atoms. The zero-order chi connectivity index (χ0) is 24.8. The van der Waals surface area contributed by atoms with E-state index in [0.717, 1.165) is 22.7 Å². The zero-order valence-electron chi connectivity index (χ0n) is 20.9. The molecular formula is C26H33N5O3. The van der Waals surface area contributed by atoms with Gasteiger partial charge < -0.3 is 19.8 Å². The van der Waals surface area contributed by atoms with Crippen LogP contribution < -0.4 is 10.6 Å². The van der Waals surface area contributed by atoms with Gasteiger partial charge in [-0.15, -0.1) is 0 Å². The molecule has 8 nitrogen and oxygen atoms in total. The van der Waals surface area contributed by atoms with Crippen molar-refractivity contribution < 1.29 is 14.3 Å². The number of benzene rings is 1. The van der Waals surface area contributed by atoms with E-state index in [4.69, 9.17) is 9.72 Å². The Morgan fingerprint density at radius 3 is 2.47 bits per heavy atom. The molecule has 0 aliphatic carbocycles. The van der Waals surface area contributed by atoms with Crippen molar-refractivity contribution in [3.8, 4) is 0 Å². The highest BCUT2D eigenvalue weighted by molar-refractivity contribution is 6.00. The second kappa shape index (κ2) is 8.66. The van der Waals surface area contributed by atoms with Gasteiger partial charge in [0.2, 0.25) is 5.91 Å². The van der Waals surface area contributed by atoms with Crippen LogP contribution in [0.4, 0.5) is 16.2 Å². The van der Waals surface area contributed by atoms with E-state index in [0.29, 0.717) is 18.8 Å². The monoisotopic (exact) mass is 463 g/mol. The SMILES string of the molecule is Cc1cccc(C)c1CNc1cc(NC(=O)C2CN2C(=O)OC(C)(C)C)cn2c(C)c(C)nc12. The molecule has 2 N–H and O–H groups in total. The summed E-state index contributed by atoms with van der Waals surface area (Å²) in [6.07, 6.45) is 1.40. The van der Waals surface area contributed by atoms with Crippen LogP contribution in [0.2, 0.25) is 0 Å². The summed E-state index contributed by atoms with van der Waals surface area (Å²) < 4.78 is 7.35. The smallest absolute Gasteiger partial charge is 0.411 e. The van der Waals surface area contributed by atoms with Crippen molar-refractivity contribution in [3.63, 3.8) is 0 Å². The topological polar surface area (TPSA) is 87.7 Å². The lowest BCUT2D eigenvalue weighted by molar-refractivity contribution is -0.116. The van der Waals surface area contributed by atoms with Gasteiger partial charge in [-0.1, -0.05) is 18.2 Å². The minimum atomic E-state index is -0.599. The first-order valence-corrected chi connectivity index (χ1v) is 11.5. The molecule has 0 radical (unpaired) electrons. The first-order valence-electron chi connectivity index (χ1n) is 11.5. The van der Waals surface area contributed by atoms with Crippen LogP contribution in [0.15, 0.2) is 30.5 Å². The Hall–Kier alpha value is -3.55. The first kappa shape index (κ1) is 23.6. The molecule has 1 aromatic carbocycles. The number of aryl methyl sites for hydroxylation is 4. The van der Waals surface area contributed by atoms with Crippen LogP contribution in [-0.2, 0) is 16.1 Å². The summed E-state index contributed by atoms with van der Waals surface area (Å²) in [7, 11) is 0. The van der Waals surface area contributed by atoms with Crippen LogP contribution in [0.5, 0.6) is 0 Å². The predicted molar refractivity (Wildman–Crippen MR) is 133 cm³/mol. The van der Waals surface area contributed by atoms with Gasteiger partial charge >= 0.3 is 6.09 Å². The standard InChI is InChI=1S/C26H33N5O3/c1-15-9-8-10-16(2)20(15)12-27-21-11-19(13-30-18(4)17(3)28-23(21)30)29-24(32)22-14-31(22)25(33)34-26(5,6)7/h8-11,13,22,27H,12,14H2,1-7H3,(H,29,32). The van der Waals surface area contributed by atoms with E-state index in [1.54, 1.807) is 20.8 Å². The molecular weight excluding hydrogens is 430 g/mol. The minimum absolute atomic E-state index is 0.236. The Bertz CT molecular complexity index is 1250. The molecule has 2 aromatic heterocycles. The molecule has 3 heterocycles. The minimum Gasteiger partial charge on any atom is -0.444 e. The third-order valence-corrected chi connectivity index (χ3v) is 6.11. The summed E-state index contributed by atoms with van der Waals surface area (Å²) in [5.41, 5.74) is 7.29. The second-order valence-corrected chi connectivity index (χ2v) is 9.98. The van der Waals surface area contributed by atoms with Gasteiger partial charge in [-0.2, -0.15) is 0 Å². The Morgan fingerprint density at radius 2 is 1.82 bits per heavy atom. The number of hydrogen-bond donors (Lipinski definition) is 2. The zero-order valence-corrected chi connectivity index (χ0v) is 20.9. The Morgan fingerprint density at radius 1 is 1.15 bits per heavy atom. The van der Waals surface area contributed by atoms with Crippen molar-refractivity contribution >= 4 is 29.0 Å². The predicted octanol–water partition coefficient (Wildman–Crippen LogP) is 4.74. The summed E-state index contributed by atoms with van der Waals surface area (Å²) in [5.74, 6) is -0.236. The molecule has 1 saturated heterocycles. The van der Waals surface area contributed by atoms with Gasteiger partial charge in [0.05, 0.1) is 23.6 Å². The summed E-state index contributed by atoms with van der Waals surface area (Å²) in [6, 6.07) is 7.63. The highest BCUT2D eigenvalue weighted by atomic mass is 16.6. The number of nitrogens with one attached hydrogen (secondary N) is 2. The number of nitrogens with zero attached hydrogens (tertiary/aromatic N) is 3. The Kier molecular flexibility index (Phi) is 6.02. The van der Waals surface area contributed by atoms with Crippen molar-refractivity contribution in [1.29, 1.82) is 0 Å².